The maximum atomic E-state index is 3.30. The zero-order valence-electron chi connectivity index (χ0n) is 23.0. The van der Waals surface area contributed by atoms with Gasteiger partial charge in [-0.1, -0.05) is 170 Å². The normalized spacial score (nSPS) is 10.7. The highest BCUT2D eigenvalue weighted by Gasteiger charge is 1.98. The van der Waals surface area contributed by atoms with Gasteiger partial charge in [-0.3, -0.25) is 0 Å². The number of hydrogen-bond acceptors (Lipinski definition) is 1. The molecule has 198 valence electrons. The van der Waals surface area contributed by atoms with Crippen LogP contribution in [0.1, 0.15) is 22.3 Å². The fraction of sp³-hybridized carbons (Fsp3) is 0. The van der Waals surface area contributed by atoms with E-state index >= 15 is 0 Å². The van der Waals surface area contributed by atoms with Crippen molar-refractivity contribution in [1.82, 2.24) is 0 Å². The van der Waals surface area contributed by atoms with Gasteiger partial charge < -0.3 is 5.32 Å². The molecule has 6 aromatic carbocycles. The van der Waals surface area contributed by atoms with Crippen LogP contribution in [-0.2, 0) is 0 Å². The van der Waals surface area contributed by atoms with Crippen molar-refractivity contribution in [3.05, 3.63) is 192 Å². The van der Waals surface area contributed by atoms with Gasteiger partial charge in [-0.15, -0.1) is 0 Å². The predicted octanol–water partition coefficient (Wildman–Crippen LogP) is 11.1. The van der Waals surface area contributed by atoms with Gasteiger partial charge in [-0.05, 0) is 57.6 Å². The topological polar surface area (TPSA) is 12.0 Å². The van der Waals surface area contributed by atoms with Gasteiger partial charge in [0.1, 0.15) is 0 Å². The van der Waals surface area contributed by atoms with Gasteiger partial charge >= 0.3 is 0 Å². The molecular formula is C40H33N. The third-order valence-corrected chi connectivity index (χ3v) is 6.53. The standard InChI is InChI=1S/C28H22.C12H11N/c1-3-7-23(8-4-1)11-13-25-15-19-27(20-16-25)28-21-17-26(18-22-28)14-12-24-9-5-2-6-10-24;1-3-7-11(8-4-1)13-12-9-5-2-6-10-12/h1-22H;1-10,13H. The average Bonchev–Trinajstić information content (AvgIpc) is 3.06. The van der Waals surface area contributed by atoms with Crippen LogP contribution in [0.25, 0.3) is 35.4 Å². The maximum Gasteiger partial charge on any atom is 0.0384 e. The Morgan fingerprint density at radius 1 is 0.268 bits per heavy atom. The highest BCUT2D eigenvalue weighted by atomic mass is 14.9. The molecule has 0 aliphatic heterocycles. The first-order valence-electron chi connectivity index (χ1n) is 13.9. The monoisotopic (exact) mass is 527 g/mol. The summed E-state index contributed by atoms with van der Waals surface area (Å²) < 4.78 is 0. The number of rotatable bonds is 7. The molecule has 0 unspecified atom stereocenters. The quantitative estimate of drug-likeness (QED) is 0.204. The Labute approximate surface area is 243 Å². The molecule has 41 heavy (non-hydrogen) atoms. The smallest absolute Gasteiger partial charge is 0.0384 e. The number of hydrogen-bond donors (Lipinski definition) is 1. The van der Waals surface area contributed by atoms with Crippen LogP contribution in [0.2, 0.25) is 0 Å². The van der Waals surface area contributed by atoms with Gasteiger partial charge in [-0.2, -0.15) is 0 Å². The lowest BCUT2D eigenvalue weighted by molar-refractivity contribution is 1.55. The van der Waals surface area contributed by atoms with Gasteiger partial charge in [-0.25, -0.2) is 0 Å². The molecular weight excluding hydrogens is 494 g/mol. The first-order chi connectivity index (χ1) is 20.3. The van der Waals surface area contributed by atoms with Crippen molar-refractivity contribution in [3.8, 4) is 11.1 Å². The summed E-state index contributed by atoms with van der Waals surface area (Å²) in [7, 11) is 0. The molecule has 0 bridgehead atoms. The predicted molar refractivity (Wildman–Crippen MR) is 179 cm³/mol. The number of anilines is 2. The zero-order chi connectivity index (χ0) is 28.0. The Morgan fingerprint density at radius 3 is 0.854 bits per heavy atom. The molecule has 6 aromatic rings. The molecule has 0 fully saturated rings. The minimum Gasteiger partial charge on any atom is -0.356 e. The van der Waals surface area contributed by atoms with Gasteiger partial charge in [0, 0.05) is 11.4 Å². The van der Waals surface area contributed by atoms with Crippen LogP contribution in [0.5, 0.6) is 0 Å². The molecule has 0 atom stereocenters. The largest absolute Gasteiger partial charge is 0.356 e. The van der Waals surface area contributed by atoms with Crippen LogP contribution in [0, 0.1) is 0 Å². The van der Waals surface area contributed by atoms with E-state index in [0.717, 1.165) is 11.4 Å². The van der Waals surface area contributed by atoms with Crippen LogP contribution < -0.4 is 5.32 Å². The molecule has 0 aromatic heterocycles. The molecule has 0 saturated heterocycles. The summed E-state index contributed by atoms with van der Waals surface area (Å²) in [4.78, 5) is 0. The van der Waals surface area contributed by atoms with Crippen LogP contribution in [0.15, 0.2) is 170 Å². The van der Waals surface area contributed by atoms with Gasteiger partial charge in [0.25, 0.3) is 0 Å². The first kappa shape index (κ1) is 27.2. The van der Waals surface area contributed by atoms with Crippen molar-refractivity contribution in [3.63, 3.8) is 0 Å². The Balaban J connectivity index is 0.000000216. The van der Waals surface area contributed by atoms with Gasteiger partial charge in [0.05, 0.1) is 0 Å². The highest BCUT2D eigenvalue weighted by Crippen LogP contribution is 2.22. The number of benzene rings is 6. The van der Waals surface area contributed by atoms with Crippen LogP contribution in [0.3, 0.4) is 0 Å². The molecule has 0 heterocycles. The minimum atomic E-state index is 1.12. The molecule has 0 radical (unpaired) electrons. The fourth-order valence-corrected chi connectivity index (χ4v) is 4.30. The zero-order valence-corrected chi connectivity index (χ0v) is 23.0. The van der Waals surface area contributed by atoms with Gasteiger partial charge in [0.15, 0.2) is 0 Å². The van der Waals surface area contributed by atoms with Crippen molar-refractivity contribution in [1.29, 1.82) is 0 Å². The third kappa shape index (κ3) is 8.81. The van der Waals surface area contributed by atoms with Crippen LogP contribution in [0.4, 0.5) is 11.4 Å². The Hall–Kier alpha value is -5.40. The molecule has 0 aliphatic rings. The van der Waals surface area contributed by atoms with Gasteiger partial charge in [0.2, 0.25) is 0 Å². The minimum absolute atomic E-state index is 1.12. The average molecular weight is 528 g/mol. The maximum absolute atomic E-state index is 3.30. The van der Waals surface area contributed by atoms with E-state index in [0.29, 0.717) is 0 Å². The lowest BCUT2D eigenvalue weighted by Gasteiger charge is -2.04. The molecule has 0 spiro atoms. The summed E-state index contributed by atoms with van der Waals surface area (Å²) in [5, 5.41) is 3.30. The van der Waals surface area contributed by atoms with E-state index in [9.17, 15) is 0 Å². The molecule has 0 amide bonds. The van der Waals surface area contributed by atoms with Crippen molar-refractivity contribution >= 4 is 35.7 Å². The molecule has 0 aliphatic carbocycles. The Kier molecular flexibility index (Phi) is 9.72. The Bertz CT molecular complexity index is 1510. The summed E-state index contributed by atoms with van der Waals surface area (Å²) in [5.41, 5.74) is 9.54. The molecule has 1 heteroatoms. The summed E-state index contributed by atoms with van der Waals surface area (Å²) >= 11 is 0. The first-order valence-corrected chi connectivity index (χ1v) is 13.9. The molecule has 1 N–H and O–H groups in total. The summed E-state index contributed by atoms with van der Waals surface area (Å²) in [6, 6.07) is 58.4. The van der Waals surface area contributed by atoms with E-state index in [1.54, 1.807) is 0 Å². The van der Waals surface area contributed by atoms with Crippen molar-refractivity contribution in [2.24, 2.45) is 0 Å². The number of nitrogens with one attached hydrogen (secondary N) is 1. The van der Waals surface area contributed by atoms with E-state index in [1.807, 2.05) is 72.8 Å². The van der Waals surface area contributed by atoms with E-state index in [-0.39, 0.29) is 0 Å². The van der Waals surface area contributed by atoms with Crippen molar-refractivity contribution < 1.29 is 0 Å². The van der Waals surface area contributed by atoms with Crippen LogP contribution in [-0.4, -0.2) is 0 Å². The van der Waals surface area contributed by atoms with E-state index < -0.39 is 0 Å². The lowest BCUT2D eigenvalue weighted by atomic mass is 10.0. The number of para-hydroxylation sites is 2. The third-order valence-electron chi connectivity index (χ3n) is 6.53. The highest BCUT2D eigenvalue weighted by molar-refractivity contribution is 5.74. The van der Waals surface area contributed by atoms with E-state index in [1.165, 1.54) is 33.4 Å². The summed E-state index contributed by atoms with van der Waals surface area (Å²) in [6.45, 7) is 0. The lowest BCUT2D eigenvalue weighted by Crippen LogP contribution is -1.87. The summed E-state index contributed by atoms with van der Waals surface area (Å²) in [6.07, 6.45) is 8.58. The Morgan fingerprint density at radius 2 is 0.537 bits per heavy atom. The molecule has 0 saturated carbocycles. The van der Waals surface area contributed by atoms with E-state index in [4.69, 9.17) is 0 Å². The summed E-state index contributed by atoms with van der Waals surface area (Å²) in [5.74, 6) is 0. The van der Waals surface area contributed by atoms with Crippen molar-refractivity contribution in [2.75, 3.05) is 5.32 Å². The fourth-order valence-electron chi connectivity index (χ4n) is 4.30. The second kappa shape index (κ2) is 14.7. The molecule has 6 rings (SSSR count). The van der Waals surface area contributed by atoms with Crippen molar-refractivity contribution in [2.45, 2.75) is 0 Å². The SMILES string of the molecule is C(=Cc1ccc(-c2ccc(C=Cc3ccccc3)cc2)cc1)c1ccccc1.c1ccc(Nc2ccccc2)cc1. The van der Waals surface area contributed by atoms with Crippen LogP contribution >= 0.6 is 0 Å². The second-order valence-corrected chi connectivity index (χ2v) is 9.59. The molecule has 1 nitrogen and oxygen atoms in total. The second-order valence-electron chi connectivity index (χ2n) is 9.59. The van der Waals surface area contributed by atoms with E-state index in [2.05, 4.69) is 127 Å².